The highest BCUT2D eigenvalue weighted by Gasteiger charge is 2.36. The van der Waals surface area contributed by atoms with Gasteiger partial charge in [0.15, 0.2) is 6.23 Å². The number of amides is 1. The van der Waals surface area contributed by atoms with Crippen LogP contribution in [0, 0.1) is 19.3 Å². The smallest absolute Gasteiger partial charge is 0.409 e. The Labute approximate surface area is 129 Å². The van der Waals surface area contributed by atoms with Crippen LogP contribution in [0.5, 0.6) is 5.75 Å². The molecule has 0 bridgehead atoms. The first-order valence-electron chi connectivity index (χ1n) is 6.93. The van der Waals surface area contributed by atoms with Crippen molar-refractivity contribution in [2.24, 2.45) is 0 Å². The highest BCUT2D eigenvalue weighted by Crippen LogP contribution is 2.39. The van der Waals surface area contributed by atoms with Crippen molar-refractivity contribution in [1.82, 2.24) is 0 Å². The lowest BCUT2D eigenvalue weighted by molar-refractivity contribution is 0.0641. The molecule has 1 atom stereocenters. The molecule has 1 amide bonds. The largest absolute Gasteiger partial charge is 0.422 e. The van der Waals surface area contributed by atoms with Crippen LogP contribution in [0.1, 0.15) is 17.4 Å². The van der Waals surface area contributed by atoms with Gasteiger partial charge in [0.05, 0.1) is 5.69 Å². The van der Waals surface area contributed by atoms with Gasteiger partial charge in [-0.1, -0.05) is 42.3 Å². The molecule has 4 nitrogen and oxygen atoms in total. The fourth-order valence-electron chi connectivity index (χ4n) is 2.51. The van der Waals surface area contributed by atoms with E-state index in [9.17, 15) is 4.79 Å². The van der Waals surface area contributed by atoms with E-state index < -0.39 is 12.3 Å². The van der Waals surface area contributed by atoms with Gasteiger partial charge >= 0.3 is 6.09 Å². The normalized spacial score (nSPS) is 16.6. The number of anilines is 1. The predicted molar refractivity (Wildman–Crippen MR) is 83.7 cm³/mol. The van der Waals surface area contributed by atoms with Crippen LogP contribution in [0.25, 0.3) is 0 Å². The summed E-state index contributed by atoms with van der Waals surface area (Å²) in [5.41, 5.74) is 2.47. The van der Waals surface area contributed by atoms with Crippen LogP contribution in [0.3, 0.4) is 0 Å². The van der Waals surface area contributed by atoms with E-state index in [1.807, 2.05) is 49.4 Å². The molecule has 0 saturated carbocycles. The number of carbonyl (C=O) groups excluding carboxylic acids is 1. The number of fused-ring (bicyclic) bond motifs is 1. The molecule has 3 rings (SSSR count). The first-order valence-corrected chi connectivity index (χ1v) is 6.93. The maximum Gasteiger partial charge on any atom is 0.422 e. The second-order valence-corrected chi connectivity index (χ2v) is 4.93. The molecule has 22 heavy (non-hydrogen) atoms. The third-order valence-electron chi connectivity index (χ3n) is 3.51. The molecule has 0 N–H and O–H groups in total. The summed E-state index contributed by atoms with van der Waals surface area (Å²) >= 11 is 0. The summed E-state index contributed by atoms with van der Waals surface area (Å²) in [6, 6.07) is 14.9. The first-order chi connectivity index (χ1) is 10.7. The number of para-hydroxylation sites is 2. The van der Waals surface area contributed by atoms with Gasteiger partial charge in [0.1, 0.15) is 12.4 Å². The van der Waals surface area contributed by atoms with Crippen LogP contribution in [0.2, 0.25) is 0 Å². The van der Waals surface area contributed by atoms with Gasteiger partial charge in [-0.2, -0.15) is 0 Å². The van der Waals surface area contributed by atoms with Gasteiger partial charge < -0.3 is 9.47 Å². The van der Waals surface area contributed by atoms with Gasteiger partial charge in [-0.25, -0.2) is 9.69 Å². The lowest BCUT2D eigenvalue weighted by Gasteiger charge is -2.36. The number of terminal acetylenes is 1. The Morgan fingerprint density at radius 2 is 1.95 bits per heavy atom. The summed E-state index contributed by atoms with van der Waals surface area (Å²) in [5, 5.41) is 0. The van der Waals surface area contributed by atoms with Gasteiger partial charge in [0, 0.05) is 5.56 Å². The number of aryl methyl sites for hydroxylation is 1. The third kappa shape index (κ3) is 2.43. The van der Waals surface area contributed by atoms with Crippen molar-refractivity contribution in [1.29, 1.82) is 0 Å². The molecular weight excluding hydrogens is 278 g/mol. The van der Waals surface area contributed by atoms with E-state index in [4.69, 9.17) is 15.9 Å². The van der Waals surface area contributed by atoms with Crippen LogP contribution < -0.4 is 9.64 Å². The van der Waals surface area contributed by atoms with Crippen molar-refractivity contribution < 1.29 is 14.3 Å². The summed E-state index contributed by atoms with van der Waals surface area (Å²) in [4.78, 5) is 14.0. The number of carbonyl (C=O) groups is 1. The summed E-state index contributed by atoms with van der Waals surface area (Å²) in [5.74, 6) is 2.95. The van der Waals surface area contributed by atoms with Gasteiger partial charge in [-0.05, 0) is 24.6 Å². The van der Waals surface area contributed by atoms with E-state index in [-0.39, 0.29) is 6.61 Å². The van der Waals surface area contributed by atoms with Crippen molar-refractivity contribution in [3.05, 3.63) is 59.7 Å². The van der Waals surface area contributed by atoms with Gasteiger partial charge in [-0.3, -0.25) is 0 Å². The molecule has 1 aliphatic rings. The molecule has 1 aliphatic heterocycles. The predicted octanol–water partition coefficient (Wildman–Crippen LogP) is 3.66. The van der Waals surface area contributed by atoms with E-state index in [1.165, 1.54) is 4.90 Å². The molecule has 0 aliphatic carbocycles. The monoisotopic (exact) mass is 293 g/mol. The Morgan fingerprint density at radius 3 is 2.73 bits per heavy atom. The summed E-state index contributed by atoms with van der Waals surface area (Å²) in [6.07, 6.45) is 4.23. The maximum absolute atomic E-state index is 12.5. The fraction of sp³-hybridized carbons (Fsp3) is 0.167. The maximum atomic E-state index is 12.5. The molecule has 0 radical (unpaired) electrons. The van der Waals surface area contributed by atoms with Gasteiger partial charge in [-0.15, -0.1) is 6.42 Å². The van der Waals surface area contributed by atoms with Crippen LogP contribution in [-0.4, -0.2) is 12.7 Å². The molecule has 0 spiro atoms. The fourth-order valence-corrected chi connectivity index (χ4v) is 2.51. The number of benzene rings is 2. The Balaban J connectivity index is 2.10. The molecule has 2 aromatic carbocycles. The molecule has 2 aromatic rings. The quantitative estimate of drug-likeness (QED) is 0.811. The standard InChI is InChI=1S/C18H15NO3/c1-3-12-21-17-14-9-5-7-11-16(14)22-18(20)19(17)15-10-6-4-8-13(15)2/h1,4-11,17H,12H2,2H3. The SMILES string of the molecule is C#CCOC1c2ccccc2OC(=O)N1c1ccccc1C. The van der Waals surface area contributed by atoms with Gasteiger partial charge in [0.25, 0.3) is 0 Å². The summed E-state index contributed by atoms with van der Waals surface area (Å²) in [7, 11) is 0. The summed E-state index contributed by atoms with van der Waals surface area (Å²) < 4.78 is 11.2. The van der Waals surface area contributed by atoms with E-state index >= 15 is 0 Å². The number of nitrogens with zero attached hydrogens (tertiary/aromatic N) is 1. The molecule has 4 heteroatoms. The zero-order chi connectivity index (χ0) is 15.5. The Bertz CT molecular complexity index is 748. The third-order valence-corrected chi connectivity index (χ3v) is 3.51. The molecule has 1 heterocycles. The summed E-state index contributed by atoms with van der Waals surface area (Å²) in [6.45, 7) is 2.04. The van der Waals surface area contributed by atoms with E-state index in [0.717, 1.165) is 16.8 Å². The lowest BCUT2D eigenvalue weighted by Crippen LogP contribution is -2.42. The van der Waals surface area contributed by atoms with Gasteiger partial charge in [0.2, 0.25) is 0 Å². The number of ether oxygens (including phenoxy) is 2. The molecule has 0 aromatic heterocycles. The number of hydrogen-bond acceptors (Lipinski definition) is 3. The highest BCUT2D eigenvalue weighted by atomic mass is 16.6. The van der Waals surface area contributed by atoms with Crippen molar-refractivity contribution in [3.63, 3.8) is 0 Å². The highest BCUT2D eigenvalue weighted by molar-refractivity contribution is 5.92. The Morgan fingerprint density at radius 1 is 1.23 bits per heavy atom. The lowest BCUT2D eigenvalue weighted by atomic mass is 10.1. The van der Waals surface area contributed by atoms with Crippen molar-refractivity contribution in [3.8, 4) is 18.1 Å². The first kappa shape index (κ1) is 14.2. The minimum Gasteiger partial charge on any atom is -0.409 e. The minimum absolute atomic E-state index is 0.106. The molecule has 0 saturated heterocycles. The molecule has 0 fully saturated rings. The molecule has 1 unspecified atom stereocenters. The number of hydrogen-bond donors (Lipinski definition) is 0. The minimum atomic E-state index is -0.602. The molecular formula is C18H15NO3. The Hall–Kier alpha value is -2.77. The van der Waals surface area contributed by atoms with Crippen molar-refractivity contribution >= 4 is 11.8 Å². The second-order valence-electron chi connectivity index (χ2n) is 4.93. The van der Waals surface area contributed by atoms with Crippen LogP contribution in [-0.2, 0) is 4.74 Å². The van der Waals surface area contributed by atoms with E-state index in [2.05, 4.69) is 5.92 Å². The zero-order valence-corrected chi connectivity index (χ0v) is 12.2. The van der Waals surface area contributed by atoms with Crippen molar-refractivity contribution in [2.75, 3.05) is 11.5 Å². The van der Waals surface area contributed by atoms with E-state index in [1.54, 1.807) is 6.07 Å². The van der Waals surface area contributed by atoms with Crippen LogP contribution in [0.4, 0.5) is 10.5 Å². The topological polar surface area (TPSA) is 38.8 Å². The van der Waals surface area contributed by atoms with Crippen LogP contribution in [0.15, 0.2) is 48.5 Å². The average Bonchev–Trinajstić information content (AvgIpc) is 2.53. The molecule has 110 valence electrons. The van der Waals surface area contributed by atoms with Crippen LogP contribution >= 0.6 is 0 Å². The second kappa shape index (κ2) is 5.92. The zero-order valence-electron chi connectivity index (χ0n) is 12.2. The van der Waals surface area contributed by atoms with E-state index in [0.29, 0.717) is 5.75 Å². The number of rotatable bonds is 3. The average molecular weight is 293 g/mol. The Kier molecular flexibility index (Phi) is 3.82. The van der Waals surface area contributed by atoms with Crippen molar-refractivity contribution in [2.45, 2.75) is 13.2 Å².